The summed E-state index contributed by atoms with van der Waals surface area (Å²) in [6, 6.07) is 4.32. The van der Waals surface area contributed by atoms with E-state index in [1.807, 2.05) is 6.92 Å². The zero-order chi connectivity index (χ0) is 13.0. The molecule has 94 valence electrons. The monoisotopic (exact) mass is 303 g/mol. The standard InChI is InChI=1S/C12H15BrFNO2/c1-8(7-13)15(2)12(16)11-9(14)5-4-6-10(11)17-3/h4-6,8H,7H2,1-3H3. The molecule has 0 spiro atoms. The first-order chi connectivity index (χ1) is 8.02. The molecular weight excluding hydrogens is 289 g/mol. The number of hydrogen-bond acceptors (Lipinski definition) is 2. The fourth-order valence-corrected chi connectivity index (χ4v) is 1.80. The van der Waals surface area contributed by atoms with E-state index < -0.39 is 5.82 Å². The van der Waals surface area contributed by atoms with Crippen molar-refractivity contribution < 1.29 is 13.9 Å². The Morgan fingerprint density at radius 3 is 2.76 bits per heavy atom. The third kappa shape index (κ3) is 2.97. The number of amides is 1. The molecule has 0 aromatic heterocycles. The van der Waals surface area contributed by atoms with Gasteiger partial charge in [0.1, 0.15) is 17.1 Å². The molecule has 0 aliphatic carbocycles. The number of carbonyl (C=O) groups is 1. The van der Waals surface area contributed by atoms with Gasteiger partial charge in [-0.05, 0) is 19.1 Å². The summed E-state index contributed by atoms with van der Waals surface area (Å²) in [4.78, 5) is 13.6. The minimum absolute atomic E-state index is 0.0215. The summed E-state index contributed by atoms with van der Waals surface area (Å²) >= 11 is 3.29. The molecule has 0 fully saturated rings. The summed E-state index contributed by atoms with van der Waals surface area (Å²) in [6.07, 6.45) is 0. The Morgan fingerprint density at radius 1 is 1.59 bits per heavy atom. The molecule has 0 saturated carbocycles. The van der Waals surface area contributed by atoms with Crippen LogP contribution in [0.2, 0.25) is 0 Å². The van der Waals surface area contributed by atoms with Crippen molar-refractivity contribution in [2.75, 3.05) is 19.5 Å². The largest absolute Gasteiger partial charge is 0.496 e. The summed E-state index contributed by atoms with van der Waals surface area (Å²) in [5, 5.41) is 0.631. The average molecular weight is 304 g/mol. The third-order valence-electron chi connectivity index (χ3n) is 2.61. The van der Waals surface area contributed by atoms with Gasteiger partial charge in [-0.3, -0.25) is 4.79 Å². The van der Waals surface area contributed by atoms with Crippen molar-refractivity contribution in [2.45, 2.75) is 13.0 Å². The number of alkyl halides is 1. The van der Waals surface area contributed by atoms with E-state index in [4.69, 9.17) is 4.74 Å². The Labute approximate surface area is 109 Å². The quantitative estimate of drug-likeness (QED) is 0.801. The van der Waals surface area contributed by atoms with Gasteiger partial charge in [-0.25, -0.2) is 4.39 Å². The van der Waals surface area contributed by atoms with E-state index in [0.717, 1.165) is 0 Å². The van der Waals surface area contributed by atoms with E-state index in [-0.39, 0.29) is 23.3 Å². The Kier molecular flexibility index (Phi) is 4.93. The maximum Gasteiger partial charge on any atom is 0.260 e. The van der Waals surface area contributed by atoms with Crippen LogP contribution in [-0.2, 0) is 0 Å². The first-order valence-corrected chi connectivity index (χ1v) is 6.30. The normalized spacial score (nSPS) is 12.1. The molecule has 1 aromatic rings. The second-order valence-electron chi connectivity index (χ2n) is 3.74. The minimum Gasteiger partial charge on any atom is -0.496 e. The van der Waals surface area contributed by atoms with Crippen molar-refractivity contribution in [3.05, 3.63) is 29.6 Å². The molecular formula is C12H15BrFNO2. The highest BCUT2D eigenvalue weighted by molar-refractivity contribution is 9.09. The van der Waals surface area contributed by atoms with Gasteiger partial charge in [0.2, 0.25) is 0 Å². The van der Waals surface area contributed by atoms with Crippen LogP contribution in [0.4, 0.5) is 4.39 Å². The molecule has 0 aliphatic heterocycles. The number of hydrogen-bond donors (Lipinski definition) is 0. The molecule has 1 amide bonds. The molecule has 5 heteroatoms. The van der Waals surface area contributed by atoms with Crippen molar-refractivity contribution in [3.63, 3.8) is 0 Å². The van der Waals surface area contributed by atoms with Gasteiger partial charge >= 0.3 is 0 Å². The number of nitrogens with zero attached hydrogens (tertiary/aromatic N) is 1. The predicted octanol–water partition coefficient (Wildman–Crippen LogP) is 2.69. The molecule has 1 rings (SSSR count). The van der Waals surface area contributed by atoms with E-state index in [0.29, 0.717) is 5.33 Å². The number of carbonyl (C=O) groups excluding carboxylic acids is 1. The lowest BCUT2D eigenvalue weighted by Crippen LogP contribution is -2.36. The van der Waals surface area contributed by atoms with Gasteiger partial charge in [0, 0.05) is 18.4 Å². The van der Waals surface area contributed by atoms with Crippen LogP contribution >= 0.6 is 15.9 Å². The molecule has 1 aromatic carbocycles. The van der Waals surface area contributed by atoms with Crippen LogP contribution in [0, 0.1) is 5.82 Å². The van der Waals surface area contributed by atoms with Crippen LogP contribution in [-0.4, -0.2) is 36.3 Å². The lowest BCUT2D eigenvalue weighted by atomic mass is 10.1. The third-order valence-corrected chi connectivity index (χ3v) is 3.55. The highest BCUT2D eigenvalue weighted by atomic mass is 79.9. The fraction of sp³-hybridized carbons (Fsp3) is 0.417. The van der Waals surface area contributed by atoms with Crippen molar-refractivity contribution in [1.29, 1.82) is 0 Å². The average Bonchev–Trinajstić information content (AvgIpc) is 2.35. The zero-order valence-corrected chi connectivity index (χ0v) is 11.6. The number of benzene rings is 1. The van der Waals surface area contributed by atoms with E-state index in [1.54, 1.807) is 13.1 Å². The van der Waals surface area contributed by atoms with Gasteiger partial charge in [0.25, 0.3) is 5.91 Å². The van der Waals surface area contributed by atoms with Crippen LogP contribution in [0.1, 0.15) is 17.3 Å². The lowest BCUT2D eigenvalue weighted by molar-refractivity contribution is 0.0750. The number of methoxy groups -OCH3 is 1. The first kappa shape index (κ1) is 14.0. The van der Waals surface area contributed by atoms with Crippen molar-refractivity contribution in [1.82, 2.24) is 4.90 Å². The number of halogens is 2. The van der Waals surface area contributed by atoms with Crippen LogP contribution in [0.5, 0.6) is 5.75 Å². The molecule has 0 saturated heterocycles. The SMILES string of the molecule is COc1cccc(F)c1C(=O)N(C)C(C)CBr. The highest BCUT2D eigenvalue weighted by Crippen LogP contribution is 2.23. The van der Waals surface area contributed by atoms with Gasteiger partial charge in [-0.15, -0.1) is 0 Å². The first-order valence-electron chi connectivity index (χ1n) is 5.18. The van der Waals surface area contributed by atoms with Gasteiger partial charge in [-0.1, -0.05) is 22.0 Å². The van der Waals surface area contributed by atoms with Gasteiger partial charge in [-0.2, -0.15) is 0 Å². The Bertz CT molecular complexity index is 411. The highest BCUT2D eigenvalue weighted by Gasteiger charge is 2.23. The van der Waals surface area contributed by atoms with E-state index >= 15 is 0 Å². The van der Waals surface area contributed by atoms with Gasteiger partial charge in [0.15, 0.2) is 0 Å². The van der Waals surface area contributed by atoms with Crippen LogP contribution in [0.15, 0.2) is 18.2 Å². The smallest absolute Gasteiger partial charge is 0.260 e. The lowest BCUT2D eigenvalue weighted by Gasteiger charge is -2.24. The maximum absolute atomic E-state index is 13.7. The predicted molar refractivity (Wildman–Crippen MR) is 68.3 cm³/mol. The second-order valence-corrected chi connectivity index (χ2v) is 4.38. The summed E-state index contributed by atoms with van der Waals surface area (Å²) in [5.41, 5.74) is -0.0229. The zero-order valence-electron chi connectivity index (χ0n) is 10.0. The molecule has 1 atom stereocenters. The number of rotatable bonds is 4. The molecule has 0 N–H and O–H groups in total. The number of ether oxygens (including phenoxy) is 1. The second kappa shape index (κ2) is 6.00. The van der Waals surface area contributed by atoms with E-state index in [9.17, 15) is 9.18 Å². The molecule has 3 nitrogen and oxygen atoms in total. The van der Waals surface area contributed by atoms with Crippen molar-refractivity contribution in [2.24, 2.45) is 0 Å². The topological polar surface area (TPSA) is 29.5 Å². The van der Waals surface area contributed by atoms with Gasteiger partial charge < -0.3 is 9.64 Å². The van der Waals surface area contributed by atoms with Crippen LogP contribution in [0.3, 0.4) is 0 Å². The van der Waals surface area contributed by atoms with Crippen molar-refractivity contribution >= 4 is 21.8 Å². The molecule has 0 bridgehead atoms. The summed E-state index contributed by atoms with van der Waals surface area (Å²) in [6.45, 7) is 1.87. The Hall–Kier alpha value is -1.10. The van der Waals surface area contributed by atoms with E-state index in [1.165, 1.54) is 24.1 Å². The summed E-state index contributed by atoms with van der Waals surface area (Å²) in [5.74, 6) is -0.696. The molecule has 0 aliphatic rings. The van der Waals surface area contributed by atoms with E-state index in [2.05, 4.69) is 15.9 Å². The summed E-state index contributed by atoms with van der Waals surface area (Å²) < 4.78 is 18.7. The van der Waals surface area contributed by atoms with Gasteiger partial charge in [0.05, 0.1) is 7.11 Å². The Balaban J connectivity index is 3.11. The van der Waals surface area contributed by atoms with Crippen molar-refractivity contribution in [3.8, 4) is 5.75 Å². The van der Waals surface area contributed by atoms with Crippen LogP contribution < -0.4 is 4.74 Å². The molecule has 17 heavy (non-hydrogen) atoms. The fourth-order valence-electron chi connectivity index (χ4n) is 1.36. The summed E-state index contributed by atoms with van der Waals surface area (Å²) in [7, 11) is 3.06. The Morgan fingerprint density at radius 2 is 2.24 bits per heavy atom. The maximum atomic E-state index is 13.7. The minimum atomic E-state index is -0.567. The molecule has 0 radical (unpaired) electrons. The molecule has 1 unspecified atom stereocenters. The molecule has 0 heterocycles. The van der Waals surface area contributed by atoms with Crippen LogP contribution in [0.25, 0.3) is 0 Å².